The van der Waals surface area contributed by atoms with Crippen LogP contribution in [0.1, 0.15) is 12.5 Å². The molecule has 3 heteroatoms. The molecule has 0 aliphatic carbocycles. The Balaban J connectivity index is 2.77. The predicted octanol–water partition coefficient (Wildman–Crippen LogP) is 1.96. The molecule has 0 aromatic carbocycles. The van der Waals surface area contributed by atoms with Crippen LogP contribution in [0.4, 0.5) is 11.5 Å². The highest BCUT2D eigenvalue weighted by Crippen LogP contribution is 2.18. The first-order valence-electron chi connectivity index (χ1n) is 4.20. The second-order valence-corrected chi connectivity index (χ2v) is 3.20. The van der Waals surface area contributed by atoms with Crippen molar-refractivity contribution >= 4 is 11.5 Å². The van der Waals surface area contributed by atoms with Gasteiger partial charge in [0.05, 0.1) is 5.69 Å². The molecule has 1 heterocycles. The van der Waals surface area contributed by atoms with Gasteiger partial charge in [-0.05, 0) is 25.5 Å². The predicted molar refractivity (Wildman–Crippen MR) is 56.7 cm³/mol. The van der Waals surface area contributed by atoms with Crippen LogP contribution in [0, 0.1) is 6.92 Å². The molecule has 1 rings (SSSR count). The van der Waals surface area contributed by atoms with Gasteiger partial charge in [-0.3, -0.25) is 0 Å². The van der Waals surface area contributed by atoms with Crippen LogP contribution < -0.4 is 11.1 Å². The highest BCUT2D eigenvalue weighted by atomic mass is 15.0. The van der Waals surface area contributed by atoms with Crippen molar-refractivity contribution in [2.24, 2.45) is 0 Å². The lowest BCUT2D eigenvalue weighted by atomic mass is 10.2. The second-order valence-electron chi connectivity index (χ2n) is 3.20. The summed E-state index contributed by atoms with van der Waals surface area (Å²) in [6.07, 6.45) is 1.74. The molecule has 0 saturated carbocycles. The van der Waals surface area contributed by atoms with E-state index in [2.05, 4.69) is 16.9 Å². The van der Waals surface area contributed by atoms with Crippen molar-refractivity contribution in [2.75, 3.05) is 17.6 Å². The van der Waals surface area contributed by atoms with Crippen molar-refractivity contribution < 1.29 is 0 Å². The third kappa shape index (κ3) is 2.47. The molecular formula is C10H15N3. The molecule has 0 amide bonds. The van der Waals surface area contributed by atoms with Gasteiger partial charge in [0.1, 0.15) is 5.82 Å². The van der Waals surface area contributed by atoms with Gasteiger partial charge in [0.15, 0.2) is 0 Å². The van der Waals surface area contributed by atoms with Gasteiger partial charge in [0.25, 0.3) is 0 Å². The molecule has 0 aliphatic rings. The minimum Gasteiger partial charge on any atom is -0.396 e. The summed E-state index contributed by atoms with van der Waals surface area (Å²) in [6, 6.07) is 1.89. The van der Waals surface area contributed by atoms with Crippen LogP contribution in [0.15, 0.2) is 24.4 Å². The Morgan fingerprint density at radius 1 is 1.69 bits per heavy atom. The number of pyridine rings is 1. The van der Waals surface area contributed by atoms with Gasteiger partial charge in [-0.15, -0.1) is 0 Å². The van der Waals surface area contributed by atoms with E-state index in [1.165, 1.54) is 0 Å². The molecule has 0 radical (unpaired) electrons. The summed E-state index contributed by atoms with van der Waals surface area (Å²) in [7, 11) is 0. The molecule has 0 saturated heterocycles. The van der Waals surface area contributed by atoms with Crippen LogP contribution >= 0.6 is 0 Å². The number of hydrogen-bond acceptors (Lipinski definition) is 3. The van der Waals surface area contributed by atoms with E-state index in [1.54, 1.807) is 6.20 Å². The van der Waals surface area contributed by atoms with E-state index in [0.717, 1.165) is 17.0 Å². The maximum Gasteiger partial charge on any atom is 0.149 e. The molecule has 13 heavy (non-hydrogen) atoms. The van der Waals surface area contributed by atoms with Crippen LogP contribution in [0.3, 0.4) is 0 Å². The average molecular weight is 177 g/mol. The molecule has 0 fully saturated rings. The Labute approximate surface area is 78.7 Å². The van der Waals surface area contributed by atoms with E-state index in [0.29, 0.717) is 12.2 Å². The van der Waals surface area contributed by atoms with E-state index >= 15 is 0 Å². The van der Waals surface area contributed by atoms with Crippen molar-refractivity contribution in [3.05, 3.63) is 30.0 Å². The fourth-order valence-electron chi connectivity index (χ4n) is 0.945. The molecule has 70 valence electrons. The fraction of sp³-hybridized carbons (Fsp3) is 0.300. The maximum atomic E-state index is 5.81. The topological polar surface area (TPSA) is 50.9 Å². The molecule has 3 N–H and O–H groups in total. The number of nitrogens with one attached hydrogen (secondary N) is 1. The lowest BCUT2D eigenvalue weighted by Gasteiger charge is -2.09. The van der Waals surface area contributed by atoms with Crippen LogP contribution in [0.5, 0.6) is 0 Å². The van der Waals surface area contributed by atoms with Crippen LogP contribution in [-0.2, 0) is 0 Å². The van der Waals surface area contributed by atoms with E-state index in [1.807, 2.05) is 19.9 Å². The van der Waals surface area contributed by atoms with Gasteiger partial charge in [-0.2, -0.15) is 0 Å². The van der Waals surface area contributed by atoms with E-state index in [9.17, 15) is 0 Å². The minimum atomic E-state index is 0.709. The quantitative estimate of drug-likeness (QED) is 0.694. The zero-order valence-electron chi connectivity index (χ0n) is 8.09. The van der Waals surface area contributed by atoms with Crippen molar-refractivity contribution in [3.8, 4) is 0 Å². The molecule has 0 bridgehead atoms. The molecule has 0 atom stereocenters. The summed E-state index contributed by atoms with van der Waals surface area (Å²) >= 11 is 0. The summed E-state index contributed by atoms with van der Waals surface area (Å²) in [5, 5.41) is 3.12. The zero-order valence-corrected chi connectivity index (χ0v) is 8.09. The number of nitrogen functional groups attached to an aromatic ring is 1. The summed E-state index contributed by atoms with van der Waals surface area (Å²) in [5.41, 5.74) is 8.62. The summed E-state index contributed by atoms with van der Waals surface area (Å²) in [5.74, 6) is 0.739. The number of nitrogens with two attached hydrogens (primary N) is 1. The monoisotopic (exact) mass is 177 g/mol. The fourth-order valence-corrected chi connectivity index (χ4v) is 0.945. The Morgan fingerprint density at radius 3 is 3.00 bits per heavy atom. The first kappa shape index (κ1) is 9.58. The van der Waals surface area contributed by atoms with Crippen molar-refractivity contribution in [3.63, 3.8) is 0 Å². The van der Waals surface area contributed by atoms with Crippen molar-refractivity contribution in [1.82, 2.24) is 4.98 Å². The van der Waals surface area contributed by atoms with Gasteiger partial charge in [0, 0.05) is 12.7 Å². The minimum absolute atomic E-state index is 0.709. The summed E-state index contributed by atoms with van der Waals surface area (Å²) < 4.78 is 0. The molecular weight excluding hydrogens is 162 g/mol. The van der Waals surface area contributed by atoms with Gasteiger partial charge in [0.2, 0.25) is 0 Å². The van der Waals surface area contributed by atoms with Gasteiger partial charge < -0.3 is 11.1 Å². The molecule has 0 spiro atoms. The third-order valence-electron chi connectivity index (χ3n) is 1.77. The zero-order chi connectivity index (χ0) is 9.84. The number of aryl methyl sites for hydroxylation is 1. The van der Waals surface area contributed by atoms with Gasteiger partial charge in [-0.1, -0.05) is 12.2 Å². The Bertz CT molecular complexity index is 318. The second kappa shape index (κ2) is 3.94. The van der Waals surface area contributed by atoms with Gasteiger partial charge in [-0.25, -0.2) is 4.98 Å². The first-order valence-corrected chi connectivity index (χ1v) is 4.20. The highest BCUT2D eigenvalue weighted by Gasteiger charge is 2.01. The van der Waals surface area contributed by atoms with Gasteiger partial charge >= 0.3 is 0 Å². The Hall–Kier alpha value is -1.51. The molecule has 0 aliphatic heterocycles. The summed E-state index contributed by atoms with van der Waals surface area (Å²) in [4.78, 5) is 4.13. The number of nitrogens with zero attached hydrogens (tertiary/aromatic N) is 1. The number of rotatable bonds is 3. The standard InChI is InChI=1S/C10H15N3/c1-7(2)6-13-10-9(11)8(3)4-5-12-10/h4-5H,1,6,11H2,2-3H3,(H,12,13). The molecule has 1 aromatic rings. The smallest absolute Gasteiger partial charge is 0.149 e. The van der Waals surface area contributed by atoms with Crippen LogP contribution in [0.25, 0.3) is 0 Å². The number of hydrogen-bond donors (Lipinski definition) is 2. The van der Waals surface area contributed by atoms with Crippen LogP contribution in [0.2, 0.25) is 0 Å². The first-order chi connectivity index (χ1) is 6.11. The van der Waals surface area contributed by atoms with E-state index < -0.39 is 0 Å². The lowest BCUT2D eigenvalue weighted by Crippen LogP contribution is -2.07. The molecule has 0 unspecified atom stereocenters. The molecule has 3 nitrogen and oxygen atoms in total. The third-order valence-corrected chi connectivity index (χ3v) is 1.77. The number of anilines is 2. The normalized spacial score (nSPS) is 9.69. The van der Waals surface area contributed by atoms with Crippen molar-refractivity contribution in [2.45, 2.75) is 13.8 Å². The largest absolute Gasteiger partial charge is 0.396 e. The van der Waals surface area contributed by atoms with E-state index in [4.69, 9.17) is 5.73 Å². The maximum absolute atomic E-state index is 5.81. The molecule has 1 aromatic heterocycles. The highest BCUT2D eigenvalue weighted by molar-refractivity contribution is 5.65. The van der Waals surface area contributed by atoms with Crippen molar-refractivity contribution in [1.29, 1.82) is 0 Å². The average Bonchev–Trinajstić information content (AvgIpc) is 2.07. The SMILES string of the molecule is C=C(C)CNc1nccc(C)c1N. The summed E-state index contributed by atoms with van der Waals surface area (Å²) in [6.45, 7) is 8.42. The lowest BCUT2D eigenvalue weighted by molar-refractivity contribution is 1.16. The Kier molecular flexibility index (Phi) is 2.90. The Morgan fingerprint density at radius 2 is 2.38 bits per heavy atom. The van der Waals surface area contributed by atoms with E-state index in [-0.39, 0.29) is 0 Å². The number of aromatic nitrogens is 1. The van der Waals surface area contributed by atoms with Crippen LogP contribution in [-0.4, -0.2) is 11.5 Å².